The first kappa shape index (κ1) is 12.4. The molecule has 2 aromatic heterocycles. The zero-order chi connectivity index (χ0) is 13.9. The number of nitrogen functional groups attached to an aromatic ring is 1. The molecule has 0 unspecified atom stereocenters. The molecule has 7 nitrogen and oxygen atoms in total. The van der Waals surface area contributed by atoms with Gasteiger partial charge in [0.15, 0.2) is 0 Å². The molecule has 0 amide bonds. The predicted octanol–water partition coefficient (Wildman–Crippen LogP) is 2.55. The Labute approximate surface area is 118 Å². The SMILES string of the molecule is Nc1nc(Cl)cc(Oc2cccc(-c3nnco3)c2)n1. The van der Waals surface area contributed by atoms with Crippen molar-refractivity contribution in [3.05, 3.63) is 41.9 Å². The smallest absolute Gasteiger partial charge is 0.247 e. The van der Waals surface area contributed by atoms with Gasteiger partial charge in [0.05, 0.1) is 0 Å². The van der Waals surface area contributed by atoms with E-state index in [9.17, 15) is 0 Å². The van der Waals surface area contributed by atoms with Crippen molar-refractivity contribution in [2.24, 2.45) is 0 Å². The Balaban J connectivity index is 1.89. The van der Waals surface area contributed by atoms with Gasteiger partial charge in [0.2, 0.25) is 24.1 Å². The summed E-state index contributed by atoms with van der Waals surface area (Å²) in [5, 5.41) is 7.66. The summed E-state index contributed by atoms with van der Waals surface area (Å²) in [5.41, 5.74) is 6.23. The average Bonchev–Trinajstić information content (AvgIpc) is 2.91. The van der Waals surface area contributed by atoms with E-state index in [0.717, 1.165) is 5.56 Å². The fourth-order valence-corrected chi connectivity index (χ4v) is 1.76. The molecule has 8 heteroatoms. The second-order valence-corrected chi connectivity index (χ2v) is 4.15. The Bertz CT molecular complexity index is 712. The molecule has 2 N–H and O–H groups in total. The summed E-state index contributed by atoms with van der Waals surface area (Å²) in [6, 6.07) is 8.58. The molecule has 3 rings (SSSR count). The van der Waals surface area contributed by atoms with E-state index in [1.165, 1.54) is 12.5 Å². The van der Waals surface area contributed by atoms with Gasteiger partial charge in [-0.25, -0.2) is 4.98 Å². The Morgan fingerprint density at radius 1 is 1.20 bits per heavy atom. The third-order valence-corrected chi connectivity index (χ3v) is 2.55. The largest absolute Gasteiger partial charge is 0.439 e. The van der Waals surface area contributed by atoms with Crippen molar-refractivity contribution in [3.8, 4) is 23.1 Å². The van der Waals surface area contributed by atoms with Crippen LogP contribution in [0.1, 0.15) is 0 Å². The summed E-state index contributed by atoms with van der Waals surface area (Å²) in [6.45, 7) is 0. The molecular weight excluding hydrogens is 282 g/mol. The van der Waals surface area contributed by atoms with Crippen molar-refractivity contribution in [1.29, 1.82) is 0 Å². The molecule has 0 aliphatic heterocycles. The lowest BCUT2D eigenvalue weighted by atomic mass is 10.2. The van der Waals surface area contributed by atoms with Crippen molar-refractivity contribution >= 4 is 17.5 Å². The summed E-state index contributed by atoms with van der Waals surface area (Å²) < 4.78 is 10.7. The molecule has 1 aromatic carbocycles. The maximum Gasteiger partial charge on any atom is 0.247 e. The van der Waals surface area contributed by atoms with Gasteiger partial charge in [-0.05, 0) is 18.2 Å². The van der Waals surface area contributed by atoms with Crippen LogP contribution in [0.5, 0.6) is 11.6 Å². The number of anilines is 1. The van der Waals surface area contributed by atoms with Crippen LogP contribution in [0.2, 0.25) is 5.15 Å². The zero-order valence-electron chi connectivity index (χ0n) is 10.0. The van der Waals surface area contributed by atoms with Crippen molar-refractivity contribution in [2.45, 2.75) is 0 Å². The molecule has 3 aromatic rings. The lowest BCUT2D eigenvalue weighted by Gasteiger charge is -2.06. The number of hydrogen-bond acceptors (Lipinski definition) is 7. The number of rotatable bonds is 3. The predicted molar refractivity (Wildman–Crippen MR) is 71.3 cm³/mol. The number of ether oxygens (including phenoxy) is 1. The van der Waals surface area contributed by atoms with Crippen molar-refractivity contribution in [3.63, 3.8) is 0 Å². The number of aromatic nitrogens is 4. The highest BCUT2D eigenvalue weighted by Gasteiger charge is 2.07. The first-order valence-electron chi connectivity index (χ1n) is 5.55. The van der Waals surface area contributed by atoms with Crippen LogP contribution in [-0.4, -0.2) is 20.2 Å². The Kier molecular flexibility index (Phi) is 3.18. The van der Waals surface area contributed by atoms with Gasteiger partial charge in [0.25, 0.3) is 0 Å². The van der Waals surface area contributed by atoms with Gasteiger partial charge < -0.3 is 14.9 Å². The Hall–Kier alpha value is -2.67. The van der Waals surface area contributed by atoms with Gasteiger partial charge >= 0.3 is 0 Å². The van der Waals surface area contributed by atoms with Crippen LogP contribution in [0.4, 0.5) is 5.95 Å². The van der Waals surface area contributed by atoms with Crippen molar-refractivity contribution in [2.75, 3.05) is 5.73 Å². The second kappa shape index (κ2) is 5.14. The first-order valence-corrected chi connectivity index (χ1v) is 5.93. The minimum Gasteiger partial charge on any atom is -0.439 e. The summed E-state index contributed by atoms with van der Waals surface area (Å²) in [7, 11) is 0. The zero-order valence-corrected chi connectivity index (χ0v) is 10.8. The summed E-state index contributed by atoms with van der Waals surface area (Å²) >= 11 is 5.78. The van der Waals surface area contributed by atoms with E-state index >= 15 is 0 Å². The van der Waals surface area contributed by atoms with E-state index in [4.69, 9.17) is 26.5 Å². The monoisotopic (exact) mass is 289 g/mol. The summed E-state index contributed by atoms with van der Waals surface area (Å²) in [5.74, 6) is 1.23. The van der Waals surface area contributed by atoms with E-state index < -0.39 is 0 Å². The third-order valence-electron chi connectivity index (χ3n) is 2.35. The first-order chi connectivity index (χ1) is 9.70. The highest BCUT2D eigenvalue weighted by Crippen LogP contribution is 2.26. The van der Waals surface area contributed by atoms with Crippen molar-refractivity contribution < 1.29 is 9.15 Å². The Morgan fingerprint density at radius 2 is 2.10 bits per heavy atom. The highest BCUT2D eigenvalue weighted by atomic mass is 35.5. The molecule has 2 heterocycles. The van der Waals surface area contributed by atoms with Crippen LogP contribution in [-0.2, 0) is 0 Å². The van der Waals surface area contributed by atoms with Crippen LogP contribution in [0.25, 0.3) is 11.5 Å². The topological polar surface area (TPSA) is 100.0 Å². The molecule has 0 aliphatic rings. The standard InChI is InChI=1S/C12H8ClN5O2/c13-9-5-10(17-12(14)16-9)20-8-3-1-2-7(4-8)11-18-15-6-19-11/h1-6H,(H2,14,16,17). The molecule has 0 saturated carbocycles. The second-order valence-electron chi connectivity index (χ2n) is 3.76. The molecule has 0 spiro atoms. The van der Waals surface area contributed by atoms with E-state index in [-0.39, 0.29) is 17.0 Å². The molecule has 20 heavy (non-hydrogen) atoms. The number of nitrogens with zero attached hydrogens (tertiary/aromatic N) is 4. The fraction of sp³-hybridized carbons (Fsp3) is 0. The fourth-order valence-electron chi connectivity index (χ4n) is 1.58. The molecule has 0 atom stereocenters. The molecule has 0 aliphatic carbocycles. The average molecular weight is 290 g/mol. The third kappa shape index (κ3) is 2.67. The van der Waals surface area contributed by atoms with E-state index in [1.54, 1.807) is 18.2 Å². The van der Waals surface area contributed by atoms with E-state index in [0.29, 0.717) is 11.6 Å². The Morgan fingerprint density at radius 3 is 2.85 bits per heavy atom. The van der Waals surface area contributed by atoms with Gasteiger partial charge in [-0.15, -0.1) is 10.2 Å². The maximum atomic E-state index is 5.78. The molecular formula is C12H8ClN5O2. The minimum absolute atomic E-state index is 0.0422. The van der Waals surface area contributed by atoms with Crippen molar-refractivity contribution in [1.82, 2.24) is 20.2 Å². The van der Waals surface area contributed by atoms with E-state index in [1.807, 2.05) is 6.07 Å². The van der Waals surface area contributed by atoms with Crippen LogP contribution < -0.4 is 10.5 Å². The quantitative estimate of drug-likeness (QED) is 0.739. The number of hydrogen-bond donors (Lipinski definition) is 1. The van der Waals surface area contributed by atoms with Gasteiger partial charge in [0, 0.05) is 11.6 Å². The molecule has 0 saturated heterocycles. The minimum atomic E-state index is 0.0422. The van der Waals surface area contributed by atoms with Gasteiger partial charge in [-0.1, -0.05) is 17.7 Å². The number of halogens is 1. The number of benzene rings is 1. The van der Waals surface area contributed by atoms with Gasteiger partial charge in [-0.2, -0.15) is 4.98 Å². The van der Waals surface area contributed by atoms with Crippen LogP contribution in [0, 0.1) is 0 Å². The summed E-state index contributed by atoms with van der Waals surface area (Å²) in [6.07, 6.45) is 1.26. The normalized spacial score (nSPS) is 10.4. The lowest BCUT2D eigenvalue weighted by Crippen LogP contribution is -1.97. The number of nitrogens with two attached hydrogens (primary N) is 1. The lowest BCUT2D eigenvalue weighted by molar-refractivity contribution is 0.462. The molecule has 0 radical (unpaired) electrons. The van der Waals surface area contributed by atoms with Crippen LogP contribution in [0.15, 0.2) is 41.1 Å². The molecule has 100 valence electrons. The van der Waals surface area contributed by atoms with Gasteiger partial charge in [-0.3, -0.25) is 0 Å². The summed E-state index contributed by atoms with van der Waals surface area (Å²) in [4.78, 5) is 7.68. The molecule has 0 fully saturated rings. The maximum absolute atomic E-state index is 5.78. The van der Waals surface area contributed by atoms with Crippen LogP contribution >= 0.6 is 11.6 Å². The van der Waals surface area contributed by atoms with Gasteiger partial charge in [0.1, 0.15) is 10.9 Å². The van der Waals surface area contributed by atoms with Crippen LogP contribution in [0.3, 0.4) is 0 Å². The highest BCUT2D eigenvalue weighted by molar-refractivity contribution is 6.29. The molecule has 0 bridgehead atoms. The van der Waals surface area contributed by atoms with E-state index in [2.05, 4.69) is 20.2 Å².